The largest absolute Gasteiger partial charge is 0.481 e. The maximum atomic E-state index is 13.8. The first-order valence-corrected chi connectivity index (χ1v) is 16.2. The molecule has 4 heteroatoms. The molecule has 0 saturated carbocycles. The Labute approximate surface area is 231 Å². The van der Waals surface area contributed by atoms with E-state index in [-0.39, 0.29) is 17.3 Å². The van der Waals surface area contributed by atoms with Crippen LogP contribution in [0.2, 0.25) is 0 Å². The fourth-order valence-corrected chi connectivity index (χ4v) is 5.70. The summed E-state index contributed by atoms with van der Waals surface area (Å²) in [7, 11) is 0. The Morgan fingerprint density at radius 2 is 1.19 bits per heavy atom. The van der Waals surface area contributed by atoms with Crippen LogP contribution in [0, 0.1) is 23.2 Å². The molecule has 0 saturated heterocycles. The lowest BCUT2D eigenvalue weighted by molar-refractivity contribution is -0.163. The molecule has 0 aromatic heterocycles. The predicted octanol–water partition coefficient (Wildman–Crippen LogP) is 10.4. The second-order valence-electron chi connectivity index (χ2n) is 12.0. The quantitative estimate of drug-likeness (QED) is 0.0902. The van der Waals surface area contributed by atoms with Crippen molar-refractivity contribution in [3.05, 3.63) is 0 Å². The lowest BCUT2D eigenvalue weighted by Crippen LogP contribution is -2.40. The number of ether oxygens (including phenoxy) is 1. The molecule has 0 radical (unpaired) electrons. The third kappa shape index (κ3) is 16.5. The van der Waals surface area contributed by atoms with Gasteiger partial charge in [0.25, 0.3) is 0 Å². The van der Waals surface area contributed by atoms with Gasteiger partial charge < -0.3 is 9.84 Å². The molecule has 0 spiro atoms. The molecule has 1 N–H and O–H groups in total. The van der Waals surface area contributed by atoms with E-state index >= 15 is 0 Å². The van der Waals surface area contributed by atoms with Crippen molar-refractivity contribution in [2.75, 3.05) is 6.61 Å². The molecule has 0 rings (SSSR count). The van der Waals surface area contributed by atoms with Crippen LogP contribution >= 0.6 is 0 Å². The van der Waals surface area contributed by atoms with Crippen molar-refractivity contribution in [3.63, 3.8) is 0 Å². The van der Waals surface area contributed by atoms with Crippen molar-refractivity contribution >= 4 is 11.9 Å². The summed E-state index contributed by atoms with van der Waals surface area (Å²) in [5.41, 5.74) is -0.360. The summed E-state index contributed by atoms with van der Waals surface area (Å²) >= 11 is 0. The van der Waals surface area contributed by atoms with Crippen molar-refractivity contribution in [1.82, 2.24) is 0 Å². The van der Waals surface area contributed by atoms with Crippen molar-refractivity contribution in [3.8, 4) is 0 Å². The number of carboxylic acids is 1. The molecule has 0 heterocycles. The average molecular weight is 525 g/mol. The number of hydrogen-bond donors (Lipinski definition) is 1. The number of unbranched alkanes of at least 4 members (excludes halogenated alkanes) is 10. The summed E-state index contributed by atoms with van der Waals surface area (Å²) in [6.45, 7) is 14.1. The zero-order chi connectivity index (χ0) is 27.9. The standard InChI is InChI=1S/C33H64O4/c1-7-11-22-29(9-3)26-33(28(5)6,32(36)37-27-30(10-4)23-12-8-2)25-21-19-17-15-13-14-16-18-20-24-31(34)35/h28-30H,7-27H2,1-6H3,(H,34,35). The molecule has 37 heavy (non-hydrogen) atoms. The highest BCUT2D eigenvalue weighted by molar-refractivity contribution is 5.77. The van der Waals surface area contributed by atoms with Crippen LogP contribution in [0.3, 0.4) is 0 Å². The maximum absolute atomic E-state index is 13.8. The van der Waals surface area contributed by atoms with E-state index in [0.29, 0.717) is 24.9 Å². The van der Waals surface area contributed by atoms with Gasteiger partial charge in [-0.05, 0) is 43.4 Å². The Morgan fingerprint density at radius 1 is 0.703 bits per heavy atom. The minimum absolute atomic E-state index is 0.0776. The second kappa shape index (κ2) is 22.9. The van der Waals surface area contributed by atoms with E-state index in [2.05, 4.69) is 41.5 Å². The van der Waals surface area contributed by atoms with Crippen molar-refractivity contribution in [2.24, 2.45) is 23.2 Å². The first kappa shape index (κ1) is 35.9. The van der Waals surface area contributed by atoms with Crippen LogP contribution in [-0.2, 0) is 14.3 Å². The third-order valence-electron chi connectivity index (χ3n) is 8.71. The van der Waals surface area contributed by atoms with Crippen LogP contribution in [0.1, 0.15) is 170 Å². The fourth-order valence-electron chi connectivity index (χ4n) is 5.70. The smallest absolute Gasteiger partial charge is 0.312 e. The minimum Gasteiger partial charge on any atom is -0.481 e. The van der Waals surface area contributed by atoms with Gasteiger partial charge >= 0.3 is 11.9 Å². The SMILES string of the molecule is CCCCC(CC)COC(=O)C(CCCCCCCCCCCC(=O)O)(CC(CC)CCCC)C(C)C. The highest BCUT2D eigenvalue weighted by Crippen LogP contribution is 2.43. The van der Waals surface area contributed by atoms with Gasteiger partial charge in [-0.15, -0.1) is 0 Å². The number of aliphatic carboxylic acids is 1. The van der Waals surface area contributed by atoms with Crippen LogP contribution in [-0.4, -0.2) is 23.7 Å². The first-order valence-electron chi connectivity index (χ1n) is 16.2. The van der Waals surface area contributed by atoms with Gasteiger partial charge in [0.15, 0.2) is 0 Å². The topological polar surface area (TPSA) is 63.6 Å². The van der Waals surface area contributed by atoms with Gasteiger partial charge in [-0.1, -0.05) is 138 Å². The predicted molar refractivity (Wildman–Crippen MR) is 158 cm³/mol. The van der Waals surface area contributed by atoms with Gasteiger partial charge in [0.2, 0.25) is 0 Å². The zero-order valence-corrected chi connectivity index (χ0v) is 25.8. The average Bonchev–Trinajstić information content (AvgIpc) is 2.88. The van der Waals surface area contributed by atoms with Crippen molar-refractivity contribution in [2.45, 2.75) is 170 Å². The number of carboxylic acid groups (broad SMARTS) is 1. The van der Waals surface area contributed by atoms with Crippen molar-refractivity contribution in [1.29, 1.82) is 0 Å². The van der Waals surface area contributed by atoms with E-state index in [1.165, 1.54) is 64.2 Å². The highest BCUT2D eigenvalue weighted by Gasteiger charge is 2.43. The number of hydrogen-bond acceptors (Lipinski definition) is 3. The van der Waals surface area contributed by atoms with Crippen LogP contribution in [0.5, 0.6) is 0 Å². The second-order valence-corrected chi connectivity index (χ2v) is 12.0. The Bertz CT molecular complexity index is 559. The highest BCUT2D eigenvalue weighted by atomic mass is 16.5. The van der Waals surface area contributed by atoms with E-state index in [1.807, 2.05) is 0 Å². The monoisotopic (exact) mass is 524 g/mol. The molecule has 220 valence electrons. The summed E-state index contributed by atoms with van der Waals surface area (Å²) < 4.78 is 6.15. The summed E-state index contributed by atoms with van der Waals surface area (Å²) in [4.78, 5) is 24.4. The molecule has 4 nitrogen and oxygen atoms in total. The van der Waals surface area contributed by atoms with E-state index in [9.17, 15) is 9.59 Å². The molecular formula is C33H64O4. The van der Waals surface area contributed by atoms with Gasteiger partial charge in [-0.25, -0.2) is 0 Å². The first-order chi connectivity index (χ1) is 17.8. The molecule has 0 aromatic rings. The lowest BCUT2D eigenvalue weighted by atomic mass is 9.67. The van der Waals surface area contributed by atoms with Gasteiger partial charge in [-0.3, -0.25) is 9.59 Å². The van der Waals surface area contributed by atoms with E-state index in [4.69, 9.17) is 9.84 Å². The molecule has 3 atom stereocenters. The maximum Gasteiger partial charge on any atom is 0.312 e. The Morgan fingerprint density at radius 3 is 1.65 bits per heavy atom. The Hall–Kier alpha value is -1.06. The third-order valence-corrected chi connectivity index (χ3v) is 8.71. The molecule has 0 amide bonds. The van der Waals surface area contributed by atoms with Crippen LogP contribution < -0.4 is 0 Å². The van der Waals surface area contributed by atoms with Gasteiger partial charge in [-0.2, -0.15) is 0 Å². The zero-order valence-electron chi connectivity index (χ0n) is 25.8. The summed E-state index contributed by atoms with van der Waals surface area (Å²) in [6.07, 6.45) is 21.8. The van der Waals surface area contributed by atoms with Gasteiger partial charge in [0.05, 0.1) is 12.0 Å². The van der Waals surface area contributed by atoms with Crippen LogP contribution in [0.4, 0.5) is 0 Å². The van der Waals surface area contributed by atoms with E-state index in [0.717, 1.165) is 57.8 Å². The molecular weight excluding hydrogens is 460 g/mol. The Kier molecular flexibility index (Phi) is 22.2. The number of esters is 1. The van der Waals surface area contributed by atoms with Crippen LogP contribution in [0.25, 0.3) is 0 Å². The molecule has 0 fully saturated rings. The number of carbonyl (C=O) groups excluding carboxylic acids is 1. The summed E-state index contributed by atoms with van der Waals surface area (Å²) in [5, 5.41) is 8.73. The van der Waals surface area contributed by atoms with E-state index in [1.54, 1.807) is 0 Å². The molecule has 0 aliphatic rings. The minimum atomic E-state index is -0.682. The fraction of sp³-hybridized carbons (Fsp3) is 0.939. The van der Waals surface area contributed by atoms with Crippen LogP contribution in [0.15, 0.2) is 0 Å². The molecule has 0 aliphatic carbocycles. The summed E-state index contributed by atoms with van der Waals surface area (Å²) in [5.74, 6) is 0.766. The van der Waals surface area contributed by atoms with Gasteiger partial charge in [0.1, 0.15) is 0 Å². The number of rotatable bonds is 26. The number of carbonyl (C=O) groups is 2. The van der Waals surface area contributed by atoms with Gasteiger partial charge in [0, 0.05) is 6.42 Å². The molecule has 0 bridgehead atoms. The lowest BCUT2D eigenvalue weighted by Gasteiger charge is -2.38. The molecule has 3 unspecified atom stereocenters. The Balaban J connectivity index is 4.94. The van der Waals surface area contributed by atoms with E-state index < -0.39 is 5.97 Å². The van der Waals surface area contributed by atoms with Crippen molar-refractivity contribution < 1.29 is 19.4 Å². The molecule has 0 aliphatic heterocycles. The summed E-state index contributed by atoms with van der Waals surface area (Å²) in [6, 6.07) is 0. The molecule has 0 aromatic carbocycles. The normalized spacial score (nSPS) is 14.9.